The zero-order valence-corrected chi connectivity index (χ0v) is 21.4. The molecule has 0 bridgehead atoms. The average molecular weight is 567 g/mol. The van der Waals surface area contributed by atoms with E-state index in [-0.39, 0.29) is 19.0 Å². The second-order valence-electron chi connectivity index (χ2n) is 8.92. The third-order valence-corrected chi connectivity index (χ3v) is 6.62. The van der Waals surface area contributed by atoms with Gasteiger partial charge in [-0.25, -0.2) is 4.79 Å². The zero-order valence-electron chi connectivity index (χ0n) is 20.6. The minimum absolute atomic E-state index is 0.0665. The third-order valence-electron chi connectivity index (χ3n) is 6.43. The maximum absolute atomic E-state index is 13.0. The number of aliphatic hydroxyl groups excluding tert-OH is 7. The van der Waals surface area contributed by atoms with Gasteiger partial charge in [-0.1, -0.05) is 12.1 Å². The number of amides is 2. The molecule has 216 valence electrons. The maximum atomic E-state index is 13.0. The monoisotopic (exact) mass is 566 g/mol. The molecule has 0 aromatic heterocycles. The van der Waals surface area contributed by atoms with E-state index in [1.807, 2.05) is 0 Å². The minimum atomic E-state index is -1.79. The van der Waals surface area contributed by atoms with E-state index in [2.05, 4.69) is 5.32 Å². The number of urea groups is 1. The molecular weight excluding hydrogens is 532 g/mol. The van der Waals surface area contributed by atoms with Crippen molar-refractivity contribution in [1.82, 2.24) is 10.2 Å². The molecule has 0 aliphatic carbocycles. The van der Waals surface area contributed by atoms with Crippen LogP contribution in [0.5, 0.6) is 5.75 Å². The highest BCUT2D eigenvalue weighted by molar-refractivity contribution is 6.18. The van der Waals surface area contributed by atoms with Crippen molar-refractivity contribution < 1.29 is 59.5 Å². The van der Waals surface area contributed by atoms with Gasteiger partial charge >= 0.3 is 6.03 Å². The number of carbonyl (C=O) groups is 1. The molecule has 38 heavy (non-hydrogen) atoms. The van der Waals surface area contributed by atoms with Crippen molar-refractivity contribution in [1.29, 1.82) is 0 Å². The van der Waals surface area contributed by atoms with E-state index in [9.17, 15) is 40.5 Å². The number of hydrogen-bond acceptors (Lipinski definition) is 12. The summed E-state index contributed by atoms with van der Waals surface area (Å²) in [5, 5.41) is 74.2. The van der Waals surface area contributed by atoms with Crippen molar-refractivity contribution in [3.63, 3.8) is 0 Å². The molecule has 2 aliphatic heterocycles. The van der Waals surface area contributed by atoms with Gasteiger partial charge in [0.05, 0.1) is 26.9 Å². The van der Waals surface area contributed by atoms with Crippen molar-refractivity contribution in [2.75, 3.05) is 32.7 Å². The molecule has 3 rings (SSSR count). The highest BCUT2D eigenvalue weighted by Gasteiger charge is 2.52. The van der Waals surface area contributed by atoms with Crippen LogP contribution in [0.2, 0.25) is 0 Å². The molecule has 2 fully saturated rings. The molecule has 10 atom stereocenters. The molecule has 2 heterocycles. The first kappa shape index (κ1) is 30.7. The Hall–Kier alpha value is -1.82. The van der Waals surface area contributed by atoms with Crippen molar-refractivity contribution in [2.24, 2.45) is 0 Å². The van der Waals surface area contributed by atoms with E-state index in [1.165, 1.54) is 7.11 Å². The Bertz CT molecular complexity index is 878. The molecule has 2 saturated heterocycles. The fraction of sp³-hybridized carbons (Fsp3) is 0.696. The number of halogens is 1. The number of alkyl halides is 1. The van der Waals surface area contributed by atoms with Crippen LogP contribution in [0.3, 0.4) is 0 Å². The summed E-state index contributed by atoms with van der Waals surface area (Å²) >= 11 is 5.69. The van der Waals surface area contributed by atoms with Crippen LogP contribution in [-0.2, 0) is 20.8 Å². The lowest BCUT2D eigenvalue weighted by molar-refractivity contribution is -0.347. The molecule has 8 N–H and O–H groups in total. The van der Waals surface area contributed by atoms with Gasteiger partial charge in [-0.3, -0.25) is 4.90 Å². The Morgan fingerprint density at radius 3 is 2.18 bits per heavy atom. The quantitative estimate of drug-likeness (QED) is 0.134. The topological polar surface area (TPSA) is 211 Å². The number of nitrogens with zero attached hydrogens (tertiary/aromatic N) is 1. The highest BCUT2D eigenvalue weighted by Crippen LogP contribution is 2.31. The van der Waals surface area contributed by atoms with Gasteiger partial charge in [0.2, 0.25) is 0 Å². The summed E-state index contributed by atoms with van der Waals surface area (Å²) in [5.41, 5.74) is 0.636. The predicted octanol–water partition coefficient (Wildman–Crippen LogP) is -2.93. The molecule has 14 nitrogen and oxygen atoms in total. The average Bonchev–Trinajstić information content (AvgIpc) is 2.93. The van der Waals surface area contributed by atoms with E-state index in [0.29, 0.717) is 11.3 Å². The summed E-state index contributed by atoms with van der Waals surface area (Å²) in [7, 11) is 1.51. The summed E-state index contributed by atoms with van der Waals surface area (Å²) in [4.78, 5) is 14.1. The van der Waals surface area contributed by atoms with E-state index in [1.54, 1.807) is 24.3 Å². The molecule has 0 saturated carbocycles. The first-order valence-electron chi connectivity index (χ1n) is 12.0. The number of nitrogens with one attached hydrogen (secondary N) is 1. The number of aliphatic hydroxyl groups is 7. The van der Waals surface area contributed by atoms with Crippen LogP contribution in [0.15, 0.2) is 24.3 Å². The van der Waals surface area contributed by atoms with Gasteiger partial charge in [-0.15, -0.1) is 11.6 Å². The van der Waals surface area contributed by atoms with E-state index >= 15 is 0 Å². The highest BCUT2D eigenvalue weighted by atomic mass is 35.5. The molecule has 1 aromatic carbocycles. The Kier molecular flexibility index (Phi) is 11.3. The summed E-state index contributed by atoms with van der Waals surface area (Å²) in [5.74, 6) is 0.706. The van der Waals surface area contributed by atoms with Crippen LogP contribution in [0.1, 0.15) is 5.56 Å². The Morgan fingerprint density at radius 2 is 1.61 bits per heavy atom. The number of carbonyl (C=O) groups excluding carboxylic acids is 1. The van der Waals surface area contributed by atoms with Gasteiger partial charge in [-0.2, -0.15) is 0 Å². The Balaban J connectivity index is 1.81. The zero-order chi connectivity index (χ0) is 28.0. The maximum Gasteiger partial charge on any atom is 0.319 e. The van der Waals surface area contributed by atoms with Crippen molar-refractivity contribution >= 4 is 17.6 Å². The number of benzene rings is 1. The Labute approximate surface area is 223 Å². The minimum Gasteiger partial charge on any atom is -0.497 e. The number of ether oxygens (including phenoxy) is 4. The lowest BCUT2D eigenvalue weighted by Gasteiger charge is -2.48. The first-order valence-corrected chi connectivity index (χ1v) is 12.5. The van der Waals surface area contributed by atoms with Gasteiger partial charge in [0.15, 0.2) is 12.5 Å². The second-order valence-corrected chi connectivity index (χ2v) is 9.30. The van der Waals surface area contributed by atoms with Gasteiger partial charge in [0.25, 0.3) is 0 Å². The number of methoxy groups -OCH3 is 1. The van der Waals surface area contributed by atoms with E-state index < -0.39 is 80.6 Å². The number of rotatable bonds is 10. The Morgan fingerprint density at radius 1 is 0.947 bits per heavy atom. The fourth-order valence-electron chi connectivity index (χ4n) is 4.29. The summed E-state index contributed by atoms with van der Waals surface area (Å²) < 4.78 is 21.8. The smallest absolute Gasteiger partial charge is 0.319 e. The van der Waals surface area contributed by atoms with Crippen LogP contribution >= 0.6 is 11.6 Å². The molecule has 15 heteroatoms. The van der Waals surface area contributed by atoms with Crippen molar-refractivity contribution in [3.8, 4) is 5.75 Å². The first-order chi connectivity index (χ1) is 18.2. The van der Waals surface area contributed by atoms with Crippen molar-refractivity contribution in [3.05, 3.63) is 29.8 Å². The molecule has 0 spiro atoms. The molecule has 1 aromatic rings. The second kappa shape index (κ2) is 14.0. The summed E-state index contributed by atoms with van der Waals surface area (Å²) in [6.07, 6.45) is -15.9. The van der Waals surface area contributed by atoms with Gasteiger partial charge < -0.3 is 60.0 Å². The van der Waals surface area contributed by atoms with Crippen LogP contribution in [0.4, 0.5) is 4.79 Å². The molecule has 1 unspecified atom stereocenters. The lowest BCUT2D eigenvalue weighted by atomic mass is 9.96. The van der Waals surface area contributed by atoms with E-state index in [4.69, 9.17) is 30.5 Å². The summed E-state index contributed by atoms with van der Waals surface area (Å²) in [6.45, 7) is -1.40. The van der Waals surface area contributed by atoms with Crippen molar-refractivity contribution in [2.45, 2.75) is 67.9 Å². The largest absolute Gasteiger partial charge is 0.497 e. The fourth-order valence-corrected chi connectivity index (χ4v) is 4.38. The van der Waals surface area contributed by atoms with Crippen LogP contribution in [0.25, 0.3) is 0 Å². The van der Waals surface area contributed by atoms with Crippen LogP contribution in [-0.4, -0.2) is 141 Å². The normalized spacial score (nSPS) is 35.5. The lowest BCUT2D eigenvalue weighted by Crippen LogP contribution is -2.67. The molecule has 0 radical (unpaired) electrons. The number of hydrogen-bond donors (Lipinski definition) is 8. The van der Waals surface area contributed by atoms with Gasteiger partial charge in [-0.05, 0) is 17.7 Å². The van der Waals surface area contributed by atoms with E-state index in [0.717, 1.165) is 4.90 Å². The third kappa shape index (κ3) is 6.84. The van der Waals surface area contributed by atoms with Gasteiger partial charge in [0.1, 0.15) is 54.6 Å². The SMILES string of the molecule is COc1ccc(CN(C(=O)NCCCl)C2O[C@H](CO)[C@@H](O[C@H]3O[C@H](CO)[C@@H](O)[C@H](O)[C@H]3O)[C@H](O)[C@H]2O)cc1. The van der Waals surface area contributed by atoms with Crippen LogP contribution in [0, 0.1) is 0 Å². The van der Waals surface area contributed by atoms with Gasteiger partial charge in [0, 0.05) is 12.4 Å². The molecule has 2 amide bonds. The molecule has 2 aliphatic rings. The molecular formula is C23H35ClN2O12. The standard InChI is InChI=1S/C23H35ClN2O12/c1-35-12-4-2-11(3-5-12)8-26(23(34)25-7-6-24)21-18(32)17(31)20(14(10-28)36-21)38-22-19(33)16(30)15(29)13(9-27)37-22/h2-5,13-22,27-33H,6-10H2,1H3,(H,25,34)/t13-,14-,15-,16+,17-,18-,19-,20-,21?,22-/m1/s1. The van der Waals surface area contributed by atoms with Crippen LogP contribution < -0.4 is 10.1 Å². The summed E-state index contributed by atoms with van der Waals surface area (Å²) in [6, 6.07) is 6.08. The predicted molar refractivity (Wildman–Crippen MR) is 129 cm³/mol.